The lowest BCUT2D eigenvalue weighted by atomic mass is 10.1. The monoisotopic (exact) mass is 295 g/mol. The number of nitro benzene ring substituents is 1. The van der Waals surface area contributed by atoms with Gasteiger partial charge in [0.15, 0.2) is 0 Å². The molecule has 5 heteroatoms. The first-order chi connectivity index (χ1) is 10.6. The zero-order chi connectivity index (χ0) is 15.5. The highest BCUT2D eigenvalue weighted by Crippen LogP contribution is 2.21. The van der Waals surface area contributed by atoms with Crippen molar-refractivity contribution in [2.24, 2.45) is 7.05 Å². The molecule has 2 aromatic carbocycles. The number of aromatic nitrogens is 1. The molecule has 3 aromatic rings. The second-order valence-corrected chi connectivity index (χ2v) is 5.26. The summed E-state index contributed by atoms with van der Waals surface area (Å²) >= 11 is 0. The Kier molecular flexibility index (Phi) is 3.78. The van der Waals surface area contributed by atoms with Crippen molar-refractivity contribution < 1.29 is 4.92 Å². The van der Waals surface area contributed by atoms with E-state index in [1.54, 1.807) is 12.1 Å². The average Bonchev–Trinajstić information content (AvgIpc) is 2.85. The molecule has 0 radical (unpaired) electrons. The van der Waals surface area contributed by atoms with E-state index in [0.717, 1.165) is 18.7 Å². The number of anilines is 1. The smallest absolute Gasteiger partial charge is 0.269 e. The Morgan fingerprint density at radius 3 is 2.59 bits per heavy atom. The Labute approximate surface area is 128 Å². The fourth-order valence-electron chi connectivity index (χ4n) is 2.67. The summed E-state index contributed by atoms with van der Waals surface area (Å²) in [5.41, 5.74) is 3.53. The Balaban J connectivity index is 1.66. The molecule has 0 saturated carbocycles. The summed E-state index contributed by atoms with van der Waals surface area (Å²) in [6.45, 7) is 0.784. The number of nitrogens with zero attached hydrogens (tertiary/aromatic N) is 2. The van der Waals surface area contributed by atoms with Gasteiger partial charge in [-0.15, -0.1) is 0 Å². The van der Waals surface area contributed by atoms with Crippen molar-refractivity contribution in [2.75, 3.05) is 11.9 Å². The van der Waals surface area contributed by atoms with Crippen molar-refractivity contribution in [1.82, 2.24) is 4.57 Å². The quantitative estimate of drug-likeness (QED) is 0.576. The molecule has 1 N–H and O–H groups in total. The minimum absolute atomic E-state index is 0.111. The van der Waals surface area contributed by atoms with Crippen LogP contribution in [-0.4, -0.2) is 16.0 Å². The summed E-state index contributed by atoms with van der Waals surface area (Å²) in [5.74, 6) is 0. The van der Waals surface area contributed by atoms with Gasteiger partial charge in [0, 0.05) is 48.5 Å². The zero-order valence-corrected chi connectivity index (χ0v) is 12.3. The Bertz CT molecular complexity index is 806. The van der Waals surface area contributed by atoms with Crippen molar-refractivity contribution in [1.29, 1.82) is 0 Å². The molecule has 0 amide bonds. The summed E-state index contributed by atoms with van der Waals surface area (Å²) in [6.07, 6.45) is 3.06. The molecule has 5 nitrogen and oxygen atoms in total. The van der Waals surface area contributed by atoms with Crippen LogP contribution in [0.1, 0.15) is 5.56 Å². The third-order valence-electron chi connectivity index (χ3n) is 3.78. The second kappa shape index (κ2) is 5.89. The van der Waals surface area contributed by atoms with Gasteiger partial charge in [-0.3, -0.25) is 10.1 Å². The van der Waals surface area contributed by atoms with Gasteiger partial charge < -0.3 is 9.88 Å². The van der Waals surface area contributed by atoms with Crippen molar-refractivity contribution in [2.45, 2.75) is 6.42 Å². The summed E-state index contributed by atoms with van der Waals surface area (Å²) in [6, 6.07) is 14.8. The number of nitrogens with one attached hydrogen (secondary N) is 1. The van der Waals surface area contributed by atoms with Gasteiger partial charge in [0.05, 0.1) is 4.92 Å². The van der Waals surface area contributed by atoms with E-state index in [2.05, 4.69) is 41.3 Å². The highest BCUT2D eigenvalue weighted by molar-refractivity contribution is 5.83. The fraction of sp³-hybridized carbons (Fsp3) is 0.176. The molecule has 22 heavy (non-hydrogen) atoms. The van der Waals surface area contributed by atoms with Gasteiger partial charge in [-0.1, -0.05) is 18.2 Å². The number of benzene rings is 2. The molecular weight excluding hydrogens is 278 g/mol. The van der Waals surface area contributed by atoms with Gasteiger partial charge in [-0.2, -0.15) is 0 Å². The number of rotatable bonds is 5. The molecule has 0 aliphatic heterocycles. The Morgan fingerprint density at radius 1 is 1.14 bits per heavy atom. The lowest BCUT2D eigenvalue weighted by Crippen LogP contribution is -2.04. The largest absolute Gasteiger partial charge is 0.385 e. The first-order valence-corrected chi connectivity index (χ1v) is 7.16. The normalized spacial score (nSPS) is 10.8. The highest BCUT2D eigenvalue weighted by Gasteiger charge is 2.06. The number of aryl methyl sites for hydroxylation is 1. The average molecular weight is 295 g/mol. The molecule has 0 spiro atoms. The summed E-state index contributed by atoms with van der Waals surface area (Å²) in [5, 5.41) is 15.2. The molecule has 1 heterocycles. The molecule has 0 saturated heterocycles. The lowest BCUT2D eigenvalue weighted by Gasteiger charge is -2.05. The molecule has 0 aliphatic rings. The SMILES string of the molecule is Cn1cc(CCNc2ccc([N+](=O)[O-])cc2)c2ccccc21. The maximum Gasteiger partial charge on any atom is 0.269 e. The minimum Gasteiger partial charge on any atom is -0.385 e. The highest BCUT2D eigenvalue weighted by atomic mass is 16.6. The minimum atomic E-state index is -0.389. The number of hydrogen-bond acceptors (Lipinski definition) is 3. The van der Waals surface area contributed by atoms with E-state index in [0.29, 0.717) is 0 Å². The summed E-state index contributed by atoms with van der Waals surface area (Å²) in [4.78, 5) is 10.2. The first-order valence-electron chi connectivity index (χ1n) is 7.16. The Morgan fingerprint density at radius 2 is 1.86 bits per heavy atom. The van der Waals surface area contributed by atoms with Gasteiger partial charge in [0.25, 0.3) is 5.69 Å². The second-order valence-electron chi connectivity index (χ2n) is 5.26. The topological polar surface area (TPSA) is 60.1 Å². The molecule has 0 atom stereocenters. The van der Waals surface area contributed by atoms with Crippen LogP contribution in [0.3, 0.4) is 0 Å². The number of fused-ring (bicyclic) bond motifs is 1. The molecule has 112 valence electrons. The summed E-state index contributed by atoms with van der Waals surface area (Å²) in [7, 11) is 2.05. The predicted octanol–water partition coefficient (Wildman–Crippen LogP) is 3.74. The van der Waals surface area contributed by atoms with Crippen LogP contribution in [0.5, 0.6) is 0 Å². The van der Waals surface area contributed by atoms with Gasteiger partial charge >= 0.3 is 0 Å². The van der Waals surface area contributed by atoms with Gasteiger partial charge in [0.2, 0.25) is 0 Å². The fourth-order valence-corrected chi connectivity index (χ4v) is 2.67. The van der Waals surface area contributed by atoms with Crippen LogP contribution in [0.15, 0.2) is 54.7 Å². The third kappa shape index (κ3) is 2.79. The van der Waals surface area contributed by atoms with E-state index >= 15 is 0 Å². The van der Waals surface area contributed by atoms with Crippen molar-refractivity contribution in [3.8, 4) is 0 Å². The third-order valence-corrected chi connectivity index (χ3v) is 3.78. The molecular formula is C17H17N3O2. The lowest BCUT2D eigenvalue weighted by molar-refractivity contribution is -0.384. The first kappa shape index (κ1) is 14.1. The summed E-state index contributed by atoms with van der Waals surface area (Å²) < 4.78 is 2.14. The van der Waals surface area contributed by atoms with Gasteiger partial charge in [0.1, 0.15) is 0 Å². The van der Waals surface area contributed by atoms with Crippen molar-refractivity contribution >= 4 is 22.3 Å². The van der Waals surface area contributed by atoms with E-state index in [1.807, 2.05) is 6.07 Å². The van der Waals surface area contributed by atoms with Gasteiger partial charge in [-0.25, -0.2) is 0 Å². The molecule has 3 rings (SSSR count). The molecule has 0 bridgehead atoms. The Hall–Kier alpha value is -2.82. The number of non-ortho nitro benzene ring substituents is 1. The number of hydrogen-bond donors (Lipinski definition) is 1. The number of nitro groups is 1. The molecule has 0 aliphatic carbocycles. The van der Waals surface area contributed by atoms with Crippen molar-refractivity contribution in [3.63, 3.8) is 0 Å². The van der Waals surface area contributed by atoms with E-state index in [-0.39, 0.29) is 10.6 Å². The standard InChI is InChI=1S/C17H17N3O2/c1-19-12-13(16-4-2-3-5-17(16)19)10-11-18-14-6-8-15(9-7-14)20(21)22/h2-9,12,18H,10-11H2,1H3. The van der Waals surface area contributed by atoms with Crippen molar-refractivity contribution in [3.05, 3.63) is 70.4 Å². The maximum absolute atomic E-state index is 10.6. The molecule has 0 fully saturated rings. The van der Waals surface area contributed by atoms with E-state index in [4.69, 9.17) is 0 Å². The number of para-hydroxylation sites is 1. The predicted molar refractivity (Wildman–Crippen MR) is 88.2 cm³/mol. The van der Waals surface area contributed by atoms with Crippen LogP contribution in [0, 0.1) is 10.1 Å². The van der Waals surface area contributed by atoms with Crippen LogP contribution in [0.25, 0.3) is 10.9 Å². The van der Waals surface area contributed by atoms with Crippen LogP contribution >= 0.6 is 0 Å². The van der Waals surface area contributed by atoms with Crippen LogP contribution < -0.4 is 5.32 Å². The zero-order valence-electron chi connectivity index (χ0n) is 12.3. The van der Waals surface area contributed by atoms with E-state index < -0.39 is 0 Å². The van der Waals surface area contributed by atoms with Crippen LogP contribution in [0.4, 0.5) is 11.4 Å². The molecule has 1 aromatic heterocycles. The van der Waals surface area contributed by atoms with Crippen LogP contribution in [0.2, 0.25) is 0 Å². The van der Waals surface area contributed by atoms with E-state index in [1.165, 1.54) is 28.6 Å². The van der Waals surface area contributed by atoms with E-state index in [9.17, 15) is 10.1 Å². The van der Waals surface area contributed by atoms with Gasteiger partial charge in [-0.05, 0) is 30.2 Å². The van der Waals surface area contributed by atoms with Crippen LogP contribution in [-0.2, 0) is 13.5 Å². The maximum atomic E-state index is 10.6. The molecule has 0 unspecified atom stereocenters.